The fourth-order valence-corrected chi connectivity index (χ4v) is 10.2. The first-order chi connectivity index (χ1) is 39.5. The van der Waals surface area contributed by atoms with Gasteiger partial charge in [0.15, 0.2) is 6.10 Å². The summed E-state index contributed by atoms with van der Waals surface area (Å²) in [5.74, 6) is -0.947. The molecular formula is C74H132O6. The van der Waals surface area contributed by atoms with E-state index in [9.17, 15) is 14.4 Å². The summed E-state index contributed by atoms with van der Waals surface area (Å²) in [6, 6.07) is 0. The predicted octanol–water partition coefficient (Wildman–Crippen LogP) is 24.1. The van der Waals surface area contributed by atoms with Gasteiger partial charge in [-0.05, 0) is 83.5 Å². The maximum Gasteiger partial charge on any atom is 0.306 e. The van der Waals surface area contributed by atoms with Crippen LogP contribution in [0.25, 0.3) is 0 Å². The molecule has 1 atom stereocenters. The molecule has 0 aliphatic rings. The van der Waals surface area contributed by atoms with Crippen molar-refractivity contribution in [3.8, 4) is 0 Å². The smallest absolute Gasteiger partial charge is 0.306 e. The lowest BCUT2D eigenvalue weighted by atomic mass is 10.0. The van der Waals surface area contributed by atoms with Gasteiger partial charge in [-0.15, -0.1) is 0 Å². The zero-order valence-corrected chi connectivity index (χ0v) is 53.3. The molecule has 0 N–H and O–H groups in total. The number of hydrogen-bond acceptors (Lipinski definition) is 6. The van der Waals surface area contributed by atoms with E-state index < -0.39 is 6.10 Å². The number of rotatable bonds is 64. The zero-order valence-electron chi connectivity index (χ0n) is 53.3. The average molecular weight is 1120 g/mol. The number of carbonyl (C=O) groups excluding carboxylic acids is 3. The Balaban J connectivity index is 4.27. The SMILES string of the molecule is CC/C=C\C/C=C\C/C=C\C/C=C\C/C=C\CCCC(=O)OC(COC(=O)CCCCCCC/C=C\CCCCCCCCC)COC(=O)CCCCCCCCCCCCCCCCCCCCCCCCCCCCCCC. The molecule has 6 nitrogen and oxygen atoms in total. The molecule has 0 aliphatic heterocycles. The Morgan fingerprint density at radius 3 is 0.812 bits per heavy atom. The first kappa shape index (κ1) is 76.9. The molecule has 0 aromatic rings. The molecular weight excluding hydrogens is 985 g/mol. The maximum absolute atomic E-state index is 12.9. The van der Waals surface area contributed by atoms with Crippen molar-refractivity contribution in [3.05, 3.63) is 72.9 Å². The Morgan fingerprint density at radius 2 is 0.500 bits per heavy atom. The lowest BCUT2D eigenvalue weighted by Crippen LogP contribution is -2.30. The summed E-state index contributed by atoms with van der Waals surface area (Å²) >= 11 is 0. The second kappa shape index (κ2) is 68.3. The third-order valence-electron chi connectivity index (χ3n) is 15.4. The molecule has 0 bridgehead atoms. The van der Waals surface area contributed by atoms with Gasteiger partial charge in [0.2, 0.25) is 0 Å². The maximum atomic E-state index is 12.9. The van der Waals surface area contributed by atoms with Crippen LogP contribution in [0, 0.1) is 0 Å². The van der Waals surface area contributed by atoms with Crippen molar-refractivity contribution in [2.24, 2.45) is 0 Å². The van der Waals surface area contributed by atoms with Crippen molar-refractivity contribution in [1.82, 2.24) is 0 Å². The van der Waals surface area contributed by atoms with Crippen molar-refractivity contribution in [2.75, 3.05) is 13.2 Å². The Labute approximate surface area is 497 Å². The van der Waals surface area contributed by atoms with Crippen molar-refractivity contribution in [3.63, 3.8) is 0 Å². The minimum absolute atomic E-state index is 0.0975. The molecule has 0 fully saturated rings. The first-order valence-electron chi connectivity index (χ1n) is 34.9. The van der Waals surface area contributed by atoms with Crippen LogP contribution < -0.4 is 0 Å². The number of ether oxygens (including phenoxy) is 3. The normalized spacial score (nSPS) is 12.5. The van der Waals surface area contributed by atoms with E-state index in [4.69, 9.17) is 14.2 Å². The van der Waals surface area contributed by atoms with Crippen LogP contribution in [0.15, 0.2) is 72.9 Å². The summed E-state index contributed by atoms with van der Waals surface area (Å²) in [6.45, 7) is 6.52. The standard InChI is InChI=1S/C74H132O6/c1-4-7-10-13-16-19-22-25-28-31-32-33-34-35-36-37-38-39-40-41-42-44-46-49-52-55-58-61-64-67-73(76)79-70-71(69-78-72(75)66-63-60-57-54-51-48-45-30-27-24-21-18-15-12-9-6-3)80-74(77)68-65-62-59-56-53-50-47-43-29-26-23-20-17-14-11-8-5-2/h8,11,17,20,26,29-30,45,47,50,56,59,71H,4-7,9-10,12-16,18-19,21-25,27-28,31-44,46,48-49,51-55,57-58,60-70H2,1-3H3/b11-8-,20-17-,29-26-,45-30-,50-47-,59-56-. The van der Waals surface area contributed by atoms with Crippen molar-refractivity contribution in [2.45, 2.75) is 367 Å². The highest BCUT2D eigenvalue weighted by Gasteiger charge is 2.19. The van der Waals surface area contributed by atoms with Crippen LogP contribution >= 0.6 is 0 Å². The van der Waals surface area contributed by atoms with Crippen LogP contribution in [-0.2, 0) is 28.6 Å². The number of hydrogen-bond donors (Lipinski definition) is 0. The van der Waals surface area contributed by atoms with Crippen molar-refractivity contribution >= 4 is 17.9 Å². The molecule has 464 valence electrons. The molecule has 0 saturated heterocycles. The zero-order chi connectivity index (χ0) is 57.8. The summed E-state index contributed by atoms with van der Waals surface area (Å²) in [4.78, 5) is 38.4. The highest BCUT2D eigenvalue weighted by molar-refractivity contribution is 5.71. The van der Waals surface area contributed by atoms with E-state index in [1.807, 2.05) is 0 Å². The van der Waals surface area contributed by atoms with E-state index in [0.29, 0.717) is 19.3 Å². The molecule has 0 aliphatic carbocycles. The van der Waals surface area contributed by atoms with E-state index in [0.717, 1.165) is 83.5 Å². The molecule has 0 spiro atoms. The third-order valence-corrected chi connectivity index (χ3v) is 15.4. The average Bonchev–Trinajstić information content (AvgIpc) is 3.46. The molecule has 0 rings (SSSR count). The Hall–Kier alpha value is -3.15. The second-order valence-electron chi connectivity index (χ2n) is 23.4. The number of unbranched alkanes of at least 4 members (excludes halogenated alkanes) is 41. The predicted molar refractivity (Wildman–Crippen MR) is 348 cm³/mol. The fraction of sp³-hybridized carbons (Fsp3) is 0.797. The molecule has 80 heavy (non-hydrogen) atoms. The highest BCUT2D eigenvalue weighted by Crippen LogP contribution is 2.18. The highest BCUT2D eigenvalue weighted by atomic mass is 16.6. The second-order valence-corrected chi connectivity index (χ2v) is 23.4. The van der Waals surface area contributed by atoms with Gasteiger partial charge in [-0.1, -0.05) is 331 Å². The van der Waals surface area contributed by atoms with E-state index >= 15 is 0 Å². The number of allylic oxidation sites excluding steroid dienone is 12. The number of carbonyl (C=O) groups is 3. The summed E-state index contributed by atoms with van der Waals surface area (Å²) in [5, 5.41) is 0. The van der Waals surface area contributed by atoms with Gasteiger partial charge in [0.25, 0.3) is 0 Å². The fourth-order valence-electron chi connectivity index (χ4n) is 10.2. The molecule has 0 amide bonds. The Kier molecular flexibility index (Phi) is 65.7. The van der Waals surface area contributed by atoms with Crippen LogP contribution in [0.3, 0.4) is 0 Å². The van der Waals surface area contributed by atoms with Crippen molar-refractivity contribution in [1.29, 1.82) is 0 Å². The lowest BCUT2D eigenvalue weighted by Gasteiger charge is -2.18. The van der Waals surface area contributed by atoms with Gasteiger partial charge in [-0.2, -0.15) is 0 Å². The quantitative estimate of drug-likeness (QED) is 0.0261. The molecule has 0 heterocycles. The van der Waals surface area contributed by atoms with Gasteiger partial charge in [0.05, 0.1) is 0 Å². The van der Waals surface area contributed by atoms with Crippen LogP contribution in [0.4, 0.5) is 0 Å². The minimum Gasteiger partial charge on any atom is -0.462 e. The van der Waals surface area contributed by atoms with E-state index in [1.54, 1.807) is 0 Å². The number of esters is 3. The minimum atomic E-state index is -0.809. The van der Waals surface area contributed by atoms with Gasteiger partial charge in [0, 0.05) is 19.3 Å². The Bertz CT molecular complexity index is 1470. The van der Waals surface area contributed by atoms with Gasteiger partial charge < -0.3 is 14.2 Å². The van der Waals surface area contributed by atoms with Crippen LogP contribution in [-0.4, -0.2) is 37.2 Å². The lowest BCUT2D eigenvalue weighted by molar-refractivity contribution is -0.167. The molecule has 0 radical (unpaired) electrons. The summed E-state index contributed by atoms with van der Waals surface area (Å²) in [7, 11) is 0. The summed E-state index contributed by atoms with van der Waals surface area (Å²) in [6.07, 6.45) is 89.5. The molecule has 6 heteroatoms. The van der Waals surface area contributed by atoms with E-state index in [-0.39, 0.29) is 37.5 Å². The molecule has 0 aromatic heterocycles. The van der Waals surface area contributed by atoms with Gasteiger partial charge in [0.1, 0.15) is 13.2 Å². The van der Waals surface area contributed by atoms with E-state index in [2.05, 4.69) is 93.7 Å². The third kappa shape index (κ3) is 65.7. The van der Waals surface area contributed by atoms with Crippen molar-refractivity contribution < 1.29 is 28.6 Å². The Morgan fingerprint density at radius 1 is 0.263 bits per heavy atom. The van der Waals surface area contributed by atoms with Gasteiger partial charge >= 0.3 is 17.9 Å². The van der Waals surface area contributed by atoms with Crippen LogP contribution in [0.5, 0.6) is 0 Å². The first-order valence-corrected chi connectivity index (χ1v) is 34.9. The monoisotopic (exact) mass is 1120 g/mol. The largest absolute Gasteiger partial charge is 0.462 e. The molecule has 0 saturated carbocycles. The topological polar surface area (TPSA) is 78.9 Å². The van der Waals surface area contributed by atoms with E-state index in [1.165, 1.54) is 231 Å². The summed E-state index contributed by atoms with van der Waals surface area (Å²) in [5.41, 5.74) is 0. The van der Waals surface area contributed by atoms with Crippen LogP contribution in [0.2, 0.25) is 0 Å². The summed E-state index contributed by atoms with van der Waals surface area (Å²) < 4.78 is 16.9. The van der Waals surface area contributed by atoms with Gasteiger partial charge in [-0.25, -0.2) is 0 Å². The molecule has 0 aromatic carbocycles. The molecule has 1 unspecified atom stereocenters. The van der Waals surface area contributed by atoms with Gasteiger partial charge in [-0.3, -0.25) is 14.4 Å². The van der Waals surface area contributed by atoms with Crippen LogP contribution in [0.1, 0.15) is 361 Å².